The summed E-state index contributed by atoms with van der Waals surface area (Å²) in [6, 6.07) is -1.35. The first-order chi connectivity index (χ1) is 11.5. The molecule has 0 aliphatic rings. The van der Waals surface area contributed by atoms with Crippen LogP contribution in [0.5, 0.6) is 0 Å². The Morgan fingerprint density at radius 2 is 1.20 bits per heavy atom. The highest BCUT2D eigenvalue weighted by Gasteiger charge is 2.32. The second-order valence-corrected chi connectivity index (χ2v) is 7.45. The van der Waals surface area contributed by atoms with Crippen LogP contribution in [0.2, 0.25) is 0 Å². The molecule has 0 spiro atoms. The SMILES string of the molecule is CCC(C)(CC)NC(=O)[C@H](C)NC(=O)[C@H](C)NC(=O)C(C)(CC)CC. The molecule has 0 unspecified atom stereocenters. The fraction of sp³-hybridized carbons (Fsp3) is 0.842. The molecule has 25 heavy (non-hydrogen) atoms. The lowest BCUT2D eigenvalue weighted by Crippen LogP contribution is -2.56. The topological polar surface area (TPSA) is 87.3 Å². The molecule has 0 saturated carbocycles. The van der Waals surface area contributed by atoms with Crippen molar-refractivity contribution < 1.29 is 14.4 Å². The number of amides is 3. The zero-order valence-electron chi connectivity index (χ0n) is 17.2. The molecule has 3 N–H and O–H groups in total. The first-order valence-corrected chi connectivity index (χ1v) is 9.41. The van der Waals surface area contributed by atoms with Crippen molar-refractivity contribution in [3.8, 4) is 0 Å². The Kier molecular flexibility index (Phi) is 9.16. The molecule has 0 aromatic rings. The number of hydrogen-bond acceptors (Lipinski definition) is 3. The van der Waals surface area contributed by atoms with Gasteiger partial charge >= 0.3 is 0 Å². The third kappa shape index (κ3) is 6.67. The van der Waals surface area contributed by atoms with E-state index in [0.717, 1.165) is 12.8 Å². The van der Waals surface area contributed by atoms with Gasteiger partial charge in [0.1, 0.15) is 12.1 Å². The van der Waals surface area contributed by atoms with E-state index in [1.165, 1.54) is 0 Å². The van der Waals surface area contributed by atoms with E-state index >= 15 is 0 Å². The summed E-state index contributed by atoms with van der Waals surface area (Å²) >= 11 is 0. The average Bonchev–Trinajstić information content (AvgIpc) is 2.60. The van der Waals surface area contributed by atoms with Crippen LogP contribution in [-0.4, -0.2) is 35.3 Å². The normalized spacial score (nSPS) is 14.4. The highest BCUT2D eigenvalue weighted by atomic mass is 16.2. The van der Waals surface area contributed by atoms with Gasteiger partial charge in [-0.25, -0.2) is 0 Å². The zero-order chi connectivity index (χ0) is 19.8. The fourth-order valence-corrected chi connectivity index (χ4v) is 2.24. The van der Waals surface area contributed by atoms with Crippen LogP contribution in [0.25, 0.3) is 0 Å². The summed E-state index contributed by atoms with van der Waals surface area (Å²) in [5.41, 5.74) is -0.762. The zero-order valence-corrected chi connectivity index (χ0v) is 17.2. The summed E-state index contributed by atoms with van der Waals surface area (Å²) < 4.78 is 0. The summed E-state index contributed by atoms with van der Waals surface area (Å²) in [6.07, 6.45) is 3.04. The lowest BCUT2D eigenvalue weighted by atomic mass is 9.83. The third-order valence-corrected chi connectivity index (χ3v) is 5.59. The highest BCUT2D eigenvalue weighted by Crippen LogP contribution is 2.25. The molecule has 0 aliphatic heterocycles. The molecule has 2 atom stereocenters. The van der Waals surface area contributed by atoms with E-state index in [2.05, 4.69) is 16.0 Å². The van der Waals surface area contributed by atoms with E-state index in [1.54, 1.807) is 13.8 Å². The molecule has 0 aromatic carbocycles. The fourth-order valence-electron chi connectivity index (χ4n) is 2.24. The Bertz CT molecular complexity index is 469. The van der Waals surface area contributed by atoms with Crippen molar-refractivity contribution in [2.24, 2.45) is 5.41 Å². The van der Waals surface area contributed by atoms with Crippen molar-refractivity contribution in [3.63, 3.8) is 0 Å². The molecule has 6 nitrogen and oxygen atoms in total. The molecule has 0 radical (unpaired) electrons. The molecular weight excluding hydrogens is 318 g/mol. The lowest BCUT2D eigenvalue weighted by Gasteiger charge is -2.30. The lowest BCUT2D eigenvalue weighted by molar-refractivity contribution is -0.135. The molecule has 0 bridgehead atoms. The van der Waals surface area contributed by atoms with Crippen molar-refractivity contribution in [1.82, 2.24) is 16.0 Å². The maximum atomic E-state index is 12.4. The van der Waals surface area contributed by atoms with Gasteiger partial charge in [0.25, 0.3) is 0 Å². The van der Waals surface area contributed by atoms with Gasteiger partial charge in [-0.3, -0.25) is 14.4 Å². The van der Waals surface area contributed by atoms with Crippen LogP contribution < -0.4 is 16.0 Å². The van der Waals surface area contributed by atoms with E-state index in [-0.39, 0.29) is 23.3 Å². The molecule has 146 valence electrons. The molecule has 0 aliphatic carbocycles. The summed E-state index contributed by atoms with van der Waals surface area (Å²) in [5.74, 6) is -0.716. The Morgan fingerprint density at radius 3 is 1.60 bits per heavy atom. The van der Waals surface area contributed by atoms with Gasteiger partial charge in [-0.1, -0.05) is 34.6 Å². The van der Waals surface area contributed by atoms with E-state index in [1.807, 2.05) is 41.5 Å². The van der Waals surface area contributed by atoms with E-state index in [0.29, 0.717) is 12.8 Å². The van der Waals surface area contributed by atoms with Crippen molar-refractivity contribution in [3.05, 3.63) is 0 Å². The number of nitrogens with one attached hydrogen (secondary N) is 3. The molecule has 0 heterocycles. The van der Waals surface area contributed by atoms with Crippen LogP contribution in [0.3, 0.4) is 0 Å². The first kappa shape index (κ1) is 23.4. The van der Waals surface area contributed by atoms with Gasteiger partial charge in [-0.2, -0.15) is 0 Å². The van der Waals surface area contributed by atoms with E-state index in [4.69, 9.17) is 0 Å². The van der Waals surface area contributed by atoms with Crippen LogP contribution >= 0.6 is 0 Å². The maximum Gasteiger partial charge on any atom is 0.242 e. The van der Waals surface area contributed by atoms with Gasteiger partial charge in [-0.15, -0.1) is 0 Å². The van der Waals surface area contributed by atoms with Crippen LogP contribution in [0.4, 0.5) is 0 Å². The Balaban J connectivity index is 4.71. The largest absolute Gasteiger partial charge is 0.349 e. The van der Waals surface area contributed by atoms with Gasteiger partial charge in [0.15, 0.2) is 0 Å². The van der Waals surface area contributed by atoms with Crippen LogP contribution in [0, 0.1) is 5.41 Å². The Hall–Kier alpha value is -1.59. The molecule has 0 aromatic heterocycles. The summed E-state index contributed by atoms with van der Waals surface area (Å²) in [7, 11) is 0. The van der Waals surface area contributed by atoms with Gasteiger partial charge < -0.3 is 16.0 Å². The molecule has 3 amide bonds. The Labute approximate surface area is 152 Å². The molecule has 0 fully saturated rings. The average molecular weight is 356 g/mol. The second kappa shape index (κ2) is 9.78. The minimum atomic E-state index is -0.691. The predicted octanol–water partition coefficient (Wildman–Crippen LogP) is 2.52. The Morgan fingerprint density at radius 1 is 0.760 bits per heavy atom. The minimum absolute atomic E-state index is 0.137. The van der Waals surface area contributed by atoms with Crippen molar-refractivity contribution in [2.45, 2.75) is 98.7 Å². The van der Waals surface area contributed by atoms with Crippen molar-refractivity contribution in [2.75, 3.05) is 0 Å². The van der Waals surface area contributed by atoms with Crippen LogP contribution in [0.15, 0.2) is 0 Å². The van der Waals surface area contributed by atoms with Crippen LogP contribution in [-0.2, 0) is 14.4 Å². The van der Waals surface area contributed by atoms with Gasteiger partial charge in [-0.05, 0) is 46.5 Å². The second-order valence-electron chi connectivity index (χ2n) is 7.45. The first-order valence-electron chi connectivity index (χ1n) is 9.41. The van der Waals surface area contributed by atoms with Gasteiger partial charge in [0.2, 0.25) is 17.7 Å². The van der Waals surface area contributed by atoms with Crippen molar-refractivity contribution in [1.29, 1.82) is 0 Å². The highest BCUT2D eigenvalue weighted by molar-refractivity contribution is 5.92. The monoisotopic (exact) mass is 355 g/mol. The van der Waals surface area contributed by atoms with E-state index in [9.17, 15) is 14.4 Å². The molecule has 6 heteroatoms. The van der Waals surface area contributed by atoms with E-state index < -0.39 is 17.5 Å². The third-order valence-electron chi connectivity index (χ3n) is 5.59. The number of carbonyl (C=O) groups is 3. The van der Waals surface area contributed by atoms with Crippen molar-refractivity contribution >= 4 is 17.7 Å². The van der Waals surface area contributed by atoms with Crippen LogP contribution in [0.1, 0.15) is 81.1 Å². The number of carbonyl (C=O) groups excluding carboxylic acids is 3. The summed E-state index contributed by atoms with van der Waals surface area (Å²) in [5, 5.41) is 8.41. The minimum Gasteiger partial charge on any atom is -0.349 e. The maximum absolute atomic E-state index is 12.4. The van der Waals surface area contributed by atoms with Gasteiger partial charge in [0, 0.05) is 11.0 Å². The van der Waals surface area contributed by atoms with Gasteiger partial charge in [0.05, 0.1) is 0 Å². The standard InChI is InChI=1S/C19H37N3O3/c1-9-18(7,10-2)17(25)21-13(5)15(23)20-14(6)16(24)22-19(8,11-3)12-4/h13-14H,9-12H2,1-8H3,(H,20,23)(H,21,25)(H,22,24)/t13-,14-/m0/s1. The molecular formula is C19H37N3O3. The summed E-state index contributed by atoms with van der Waals surface area (Å²) in [4.78, 5) is 36.9. The quantitative estimate of drug-likeness (QED) is 0.563. The molecule has 0 saturated heterocycles. The predicted molar refractivity (Wildman–Crippen MR) is 101 cm³/mol. The summed E-state index contributed by atoms with van der Waals surface area (Å²) in [6.45, 7) is 15.1. The molecule has 0 rings (SSSR count). The number of rotatable bonds is 10. The smallest absolute Gasteiger partial charge is 0.242 e. The number of hydrogen-bond donors (Lipinski definition) is 3.